The highest BCUT2D eigenvalue weighted by atomic mass is 16.4. The molecular formula is C14H18N2O3. The summed E-state index contributed by atoms with van der Waals surface area (Å²) in [6.07, 6.45) is 0. The third-order valence-corrected chi connectivity index (χ3v) is 2.43. The van der Waals surface area contributed by atoms with Gasteiger partial charge in [0.15, 0.2) is 0 Å². The maximum absolute atomic E-state index is 12.0. The highest BCUT2D eigenvalue weighted by molar-refractivity contribution is 5.96. The third-order valence-electron chi connectivity index (χ3n) is 2.43. The second-order valence-electron chi connectivity index (χ2n) is 4.43. The minimum absolute atomic E-state index is 0.320. The van der Waals surface area contributed by atoms with Crippen molar-refractivity contribution < 1.29 is 14.7 Å². The van der Waals surface area contributed by atoms with Crippen LogP contribution in [-0.4, -0.2) is 30.2 Å². The van der Waals surface area contributed by atoms with Crippen molar-refractivity contribution >= 4 is 17.7 Å². The Labute approximate surface area is 112 Å². The average Bonchev–Trinajstić information content (AvgIpc) is 2.34. The van der Waals surface area contributed by atoms with Crippen LogP contribution >= 0.6 is 0 Å². The molecule has 102 valence electrons. The Kier molecular flexibility index (Phi) is 5.11. The smallest absolute Gasteiger partial charge is 0.323 e. The first kappa shape index (κ1) is 14.8. The zero-order valence-corrected chi connectivity index (χ0v) is 11.1. The number of hydrogen-bond donors (Lipinski definition) is 2. The second-order valence-corrected chi connectivity index (χ2v) is 4.43. The molecule has 0 bridgehead atoms. The van der Waals surface area contributed by atoms with Crippen molar-refractivity contribution in [2.45, 2.75) is 13.8 Å². The average molecular weight is 262 g/mol. The van der Waals surface area contributed by atoms with E-state index in [9.17, 15) is 9.59 Å². The molecule has 0 spiro atoms. The van der Waals surface area contributed by atoms with Gasteiger partial charge >= 0.3 is 12.0 Å². The number of benzene rings is 1. The van der Waals surface area contributed by atoms with Crippen molar-refractivity contribution in [1.82, 2.24) is 5.32 Å². The Morgan fingerprint density at radius 1 is 1.32 bits per heavy atom. The van der Waals surface area contributed by atoms with E-state index in [4.69, 9.17) is 5.11 Å². The number of urea groups is 1. The molecule has 5 nitrogen and oxygen atoms in total. The SMILES string of the molecule is C=C(C)CNC(=O)N(CC(=O)O)c1ccc(C)cc1. The van der Waals surface area contributed by atoms with Gasteiger partial charge in [-0.25, -0.2) is 4.79 Å². The van der Waals surface area contributed by atoms with Gasteiger partial charge < -0.3 is 10.4 Å². The molecular weight excluding hydrogens is 244 g/mol. The molecule has 0 aliphatic carbocycles. The Morgan fingerprint density at radius 3 is 2.37 bits per heavy atom. The van der Waals surface area contributed by atoms with Crippen LogP contribution in [0.2, 0.25) is 0 Å². The van der Waals surface area contributed by atoms with Crippen LogP contribution in [0.1, 0.15) is 12.5 Å². The fourth-order valence-corrected chi connectivity index (χ4v) is 1.46. The number of carbonyl (C=O) groups excluding carboxylic acids is 1. The Balaban J connectivity index is 2.87. The lowest BCUT2D eigenvalue weighted by Crippen LogP contribution is -2.43. The topological polar surface area (TPSA) is 69.6 Å². The number of carboxylic acid groups (broad SMARTS) is 1. The van der Waals surface area contributed by atoms with Crippen LogP contribution in [0.4, 0.5) is 10.5 Å². The number of rotatable bonds is 5. The fraction of sp³-hybridized carbons (Fsp3) is 0.286. The molecule has 0 heterocycles. The van der Waals surface area contributed by atoms with Gasteiger partial charge in [0.05, 0.1) is 0 Å². The van der Waals surface area contributed by atoms with Crippen molar-refractivity contribution in [3.63, 3.8) is 0 Å². The molecule has 0 aromatic heterocycles. The summed E-state index contributed by atoms with van der Waals surface area (Å²) < 4.78 is 0. The molecule has 1 rings (SSSR count). The van der Waals surface area contributed by atoms with Crippen molar-refractivity contribution in [3.8, 4) is 0 Å². The largest absolute Gasteiger partial charge is 0.480 e. The molecule has 1 aromatic rings. The van der Waals surface area contributed by atoms with E-state index < -0.39 is 12.0 Å². The summed E-state index contributed by atoms with van der Waals surface area (Å²) in [6.45, 7) is 7.33. The number of anilines is 1. The third kappa shape index (κ3) is 4.83. The number of carboxylic acids is 1. The Hall–Kier alpha value is -2.30. The maximum Gasteiger partial charge on any atom is 0.323 e. The van der Waals surface area contributed by atoms with Gasteiger partial charge in [-0.1, -0.05) is 29.8 Å². The predicted molar refractivity (Wildman–Crippen MR) is 74.4 cm³/mol. The molecule has 0 fully saturated rings. The van der Waals surface area contributed by atoms with Crippen LogP contribution in [0.5, 0.6) is 0 Å². The normalized spacial score (nSPS) is 9.79. The molecule has 0 aliphatic rings. The van der Waals surface area contributed by atoms with Crippen LogP contribution in [0.3, 0.4) is 0 Å². The summed E-state index contributed by atoms with van der Waals surface area (Å²) in [5, 5.41) is 11.5. The van der Waals surface area contributed by atoms with Crippen molar-refractivity contribution in [2.75, 3.05) is 18.0 Å². The van der Waals surface area contributed by atoms with E-state index in [-0.39, 0.29) is 6.54 Å². The van der Waals surface area contributed by atoms with Crippen molar-refractivity contribution in [2.24, 2.45) is 0 Å². The monoisotopic (exact) mass is 262 g/mol. The molecule has 0 saturated carbocycles. The maximum atomic E-state index is 12.0. The second kappa shape index (κ2) is 6.58. The van der Waals surface area contributed by atoms with Crippen LogP contribution < -0.4 is 10.2 Å². The number of aryl methyl sites for hydroxylation is 1. The summed E-state index contributed by atoms with van der Waals surface area (Å²) in [5.74, 6) is -1.06. The first-order valence-corrected chi connectivity index (χ1v) is 5.88. The van der Waals surface area contributed by atoms with Gasteiger partial charge in [-0.15, -0.1) is 0 Å². The van der Waals surface area contributed by atoms with Gasteiger partial charge in [0.25, 0.3) is 0 Å². The molecule has 5 heteroatoms. The highest BCUT2D eigenvalue weighted by Gasteiger charge is 2.18. The van der Waals surface area contributed by atoms with Gasteiger partial charge in [-0.3, -0.25) is 9.69 Å². The van der Waals surface area contributed by atoms with E-state index in [1.54, 1.807) is 19.1 Å². The Morgan fingerprint density at radius 2 is 1.89 bits per heavy atom. The molecule has 0 atom stereocenters. The number of nitrogens with one attached hydrogen (secondary N) is 1. The summed E-state index contributed by atoms with van der Waals surface area (Å²) in [7, 11) is 0. The summed E-state index contributed by atoms with van der Waals surface area (Å²) in [6, 6.07) is 6.65. The lowest BCUT2D eigenvalue weighted by molar-refractivity contribution is -0.135. The van der Waals surface area contributed by atoms with E-state index in [1.165, 1.54) is 4.90 Å². The van der Waals surface area contributed by atoms with E-state index in [2.05, 4.69) is 11.9 Å². The summed E-state index contributed by atoms with van der Waals surface area (Å²) in [5.41, 5.74) is 2.39. The zero-order valence-electron chi connectivity index (χ0n) is 11.1. The highest BCUT2D eigenvalue weighted by Crippen LogP contribution is 2.15. The minimum atomic E-state index is -1.06. The van der Waals surface area contributed by atoms with Gasteiger partial charge in [-0.05, 0) is 26.0 Å². The fourth-order valence-electron chi connectivity index (χ4n) is 1.46. The molecule has 0 saturated heterocycles. The van der Waals surface area contributed by atoms with E-state index in [1.807, 2.05) is 19.1 Å². The van der Waals surface area contributed by atoms with Crippen LogP contribution in [0.25, 0.3) is 0 Å². The van der Waals surface area contributed by atoms with Gasteiger partial charge in [0.2, 0.25) is 0 Å². The zero-order chi connectivity index (χ0) is 14.4. The standard InChI is InChI=1S/C14H18N2O3/c1-10(2)8-15-14(19)16(9-13(17)18)12-6-4-11(3)5-7-12/h4-7H,1,8-9H2,2-3H3,(H,15,19)(H,17,18). The molecule has 2 amide bonds. The molecule has 0 unspecified atom stereocenters. The van der Waals surface area contributed by atoms with E-state index in [0.29, 0.717) is 12.2 Å². The number of carbonyl (C=O) groups is 2. The number of aliphatic carboxylic acids is 1. The summed E-state index contributed by atoms with van der Waals surface area (Å²) >= 11 is 0. The first-order valence-electron chi connectivity index (χ1n) is 5.88. The van der Waals surface area contributed by atoms with Gasteiger partial charge in [-0.2, -0.15) is 0 Å². The van der Waals surface area contributed by atoms with Crippen molar-refractivity contribution in [1.29, 1.82) is 0 Å². The van der Waals surface area contributed by atoms with Gasteiger partial charge in [0.1, 0.15) is 6.54 Å². The number of amides is 2. The first-order chi connectivity index (χ1) is 8.90. The van der Waals surface area contributed by atoms with Crippen LogP contribution in [0, 0.1) is 6.92 Å². The van der Waals surface area contributed by atoms with Gasteiger partial charge in [0, 0.05) is 12.2 Å². The quantitative estimate of drug-likeness (QED) is 0.799. The Bertz CT molecular complexity index is 480. The molecule has 2 N–H and O–H groups in total. The molecule has 1 aromatic carbocycles. The number of hydrogen-bond acceptors (Lipinski definition) is 2. The summed E-state index contributed by atoms with van der Waals surface area (Å²) in [4.78, 5) is 24.0. The molecule has 19 heavy (non-hydrogen) atoms. The minimum Gasteiger partial charge on any atom is -0.480 e. The number of nitrogens with zero attached hydrogens (tertiary/aromatic N) is 1. The van der Waals surface area contributed by atoms with Crippen molar-refractivity contribution in [3.05, 3.63) is 42.0 Å². The predicted octanol–water partition coefficient (Wildman–Crippen LogP) is 2.17. The van der Waals surface area contributed by atoms with E-state index in [0.717, 1.165) is 11.1 Å². The lowest BCUT2D eigenvalue weighted by Gasteiger charge is -2.21. The van der Waals surface area contributed by atoms with Crippen LogP contribution in [0.15, 0.2) is 36.4 Å². The molecule has 0 radical (unpaired) electrons. The van der Waals surface area contributed by atoms with Crippen LogP contribution in [-0.2, 0) is 4.79 Å². The van der Waals surface area contributed by atoms with E-state index >= 15 is 0 Å². The molecule has 0 aliphatic heterocycles. The lowest BCUT2D eigenvalue weighted by atomic mass is 10.2.